The van der Waals surface area contributed by atoms with Crippen LogP contribution in [0.4, 0.5) is 0 Å². The zero-order valence-corrected chi connectivity index (χ0v) is 10.2. The fraction of sp³-hybridized carbons (Fsp3) is 0.929. The fourth-order valence-corrected chi connectivity index (χ4v) is 6.00. The maximum Gasteiger partial charge on any atom is 0.0999 e. The Morgan fingerprint density at radius 3 is 2.94 bits per heavy atom. The van der Waals surface area contributed by atoms with Crippen molar-refractivity contribution in [3.05, 3.63) is 0 Å². The first-order valence-corrected chi connectivity index (χ1v) is 6.99. The van der Waals surface area contributed by atoms with E-state index < -0.39 is 0 Å². The van der Waals surface area contributed by atoms with Gasteiger partial charge in [-0.15, -0.1) is 0 Å². The molecule has 1 spiro atoms. The Kier molecular flexibility index (Phi) is 1.57. The van der Waals surface area contributed by atoms with Gasteiger partial charge in [-0.2, -0.15) is 0 Å². The van der Waals surface area contributed by atoms with Crippen LogP contribution in [-0.2, 0) is 0 Å². The van der Waals surface area contributed by atoms with Crippen molar-refractivity contribution in [2.24, 2.45) is 39.3 Å². The third kappa shape index (κ3) is 0.856. The lowest BCUT2D eigenvalue weighted by Gasteiger charge is -2.49. The summed E-state index contributed by atoms with van der Waals surface area (Å²) >= 11 is 0. The molecule has 0 aromatic carbocycles. The Labute approximate surface area is 97.7 Å². The topological polar surface area (TPSA) is 38.4 Å². The van der Waals surface area contributed by atoms with E-state index in [-0.39, 0.29) is 0 Å². The van der Waals surface area contributed by atoms with Crippen LogP contribution in [0.2, 0.25) is 0 Å². The molecule has 4 fully saturated rings. The second-order valence-electron chi connectivity index (χ2n) is 6.89. The molecule has 0 aromatic heterocycles. The summed E-state index contributed by atoms with van der Waals surface area (Å²) in [6.07, 6.45) is 8.67. The lowest BCUT2D eigenvalue weighted by Crippen LogP contribution is -2.43. The van der Waals surface area contributed by atoms with Gasteiger partial charge in [0.15, 0.2) is 0 Å². The number of aliphatic imine (C=N–C) groups is 1. The predicted octanol–water partition coefficient (Wildman–Crippen LogP) is 2.58. The molecule has 5 unspecified atom stereocenters. The standard InChI is InChI=1S/C14H22N2/c1-2-16-12(15)13-5-9-3-10-4-11(7-13)14(10,6-9)8-13/h9-11H,2-8H2,1H3,(H2,15,16). The molecule has 0 radical (unpaired) electrons. The van der Waals surface area contributed by atoms with Gasteiger partial charge in [0.25, 0.3) is 0 Å². The van der Waals surface area contributed by atoms with Crippen molar-refractivity contribution in [3.8, 4) is 0 Å². The number of hydrogen-bond donors (Lipinski definition) is 1. The van der Waals surface area contributed by atoms with Gasteiger partial charge >= 0.3 is 0 Å². The van der Waals surface area contributed by atoms with Crippen molar-refractivity contribution >= 4 is 5.84 Å². The highest BCUT2D eigenvalue weighted by Gasteiger charge is 2.71. The van der Waals surface area contributed by atoms with Gasteiger partial charge in [-0.3, -0.25) is 4.99 Å². The van der Waals surface area contributed by atoms with Gasteiger partial charge in [0.05, 0.1) is 5.84 Å². The van der Waals surface area contributed by atoms with Crippen LogP contribution >= 0.6 is 0 Å². The first-order chi connectivity index (χ1) is 7.68. The van der Waals surface area contributed by atoms with E-state index in [0.717, 1.165) is 35.5 Å². The van der Waals surface area contributed by atoms with Crippen LogP contribution in [-0.4, -0.2) is 12.4 Å². The number of rotatable bonds is 2. The molecule has 16 heavy (non-hydrogen) atoms. The minimum absolute atomic E-state index is 0.342. The van der Waals surface area contributed by atoms with Gasteiger partial charge in [-0.05, 0) is 68.6 Å². The first-order valence-electron chi connectivity index (χ1n) is 6.99. The van der Waals surface area contributed by atoms with Gasteiger partial charge in [0.1, 0.15) is 0 Å². The quantitative estimate of drug-likeness (QED) is 0.561. The third-order valence-corrected chi connectivity index (χ3v) is 6.34. The highest BCUT2D eigenvalue weighted by molar-refractivity contribution is 5.87. The second kappa shape index (κ2) is 2.65. The van der Waals surface area contributed by atoms with E-state index in [1.165, 1.54) is 38.5 Å². The fourth-order valence-electron chi connectivity index (χ4n) is 6.00. The van der Waals surface area contributed by atoms with Crippen LogP contribution in [0.1, 0.15) is 45.4 Å². The molecule has 0 aromatic rings. The molecular weight excluding hydrogens is 196 g/mol. The summed E-state index contributed by atoms with van der Waals surface area (Å²) in [5.41, 5.74) is 7.40. The van der Waals surface area contributed by atoms with Crippen LogP contribution in [0.25, 0.3) is 0 Å². The zero-order chi connectivity index (χ0) is 11.0. The summed E-state index contributed by atoms with van der Waals surface area (Å²) in [7, 11) is 0. The Bertz CT molecular complexity index is 371. The molecule has 0 heterocycles. The molecule has 4 aliphatic rings. The number of amidine groups is 1. The minimum Gasteiger partial charge on any atom is -0.387 e. The van der Waals surface area contributed by atoms with Crippen LogP contribution < -0.4 is 5.73 Å². The van der Waals surface area contributed by atoms with Gasteiger partial charge in [-0.1, -0.05) is 0 Å². The molecule has 0 aliphatic heterocycles. The van der Waals surface area contributed by atoms with E-state index in [1.54, 1.807) is 0 Å². The van der Waals surface area contributed by atoms with Crippen LogP contribution in [0.5, 0.6) is 0 Å². The SMILES string of the molecule is CCN=C(N)C12CC3CC4CC(C1)C4(C3)C2. The first kappa shape index (κ1) is 9.49. The average molecular weight is 218 g/mol. The number of fused-ring (bicyclic) bond motifs is 2. The molecule has 4 rings (SSSR count). The number of hydrogen-bond acceptors (Lipinski definition) is 1. The summed E-state index contributed by atoms with van der Waals surface area (Å²) in [6, 6.07) is 0. The summed E-state index contributed by atoms with van der Waals surface area (Å²) in [5.74, 6) is 4.07. The summed E-state index contributed by atoms with van der Waals surface area (Å²) in [6.45, 7) is 2.96. The maximum absolute atomic E-state index is 6.31. The average Bonchev–Trinajstić information content (AvgIpc) is 2.56. The van der Waals surface area contributed by atoms with E-state index >= 15 is 0 Å². The summed E-state index contributed by atoms with van der Waals surface area (Å²) in [4.78, 5) is 4.56. The summed E-state index contributed by atoms with van der Waals surface area (Å²) < 4.78 is 0. The maximum atomic E-state index is 6.31. The summed E-state index contributed by atoms with van der Waals surface area (Å²) in [5, 5.41) is 0. The van der Waals surface area contributed by atoms with Crippen molar-refractivity contribution in [1.82, 2.24) is 0 Å². The second-order valence-corrected chi connectivity index (χ2v) is 6.89. The normalized spacial score (nSPS) is 57.6. The molecule has 0 saturated heterocycles. The minimum atomic E-state index is 0.342. The molecule has 4 aliphatic carbocycles. The Hall–Kier alpha value is -0.530. The van der Waals surface area contributed by atoms with E-state index in [2.05, 4.69) is 11.9 Å². The lowest BCUT2D eigenvalue weighted by atomic mass is 9.55. The highest BCUT2D eigenvalue weighted by Crippen LogP contribution is 2.78. The molecular formula is C14H22N2. The van der Waals surface area contributed by atoms with E-state index in [0.29, 0.717) is 5.41 Å². The highest BCUT2D eigenvalue weighted by atomic mass is 14.9. The van der Waals surface area contributed by atoms with Crippen molar-refractivity contribution in [2.45, 2.75) is 45.4 Å². The van der Waals surface area contributed by atoms with Crippen molar-refractivity contribution in [3.63, 3.8) is 0 Å². The van der Waals surface area contributed by atoms with Gasteiger partial charge in [0.2, 0.25) is 0 Å². The largest absolute Gasteiger partial charge is 0.387 e. The molecule has 2 heteroatoms. The third-order valence-electron chi connectivity index (χ3n) is 6.34. The number of nitrogens with two attached hydrogens (primary N) is 1. The smallest absolute Gasteiger partial charge is 0.0999 e. The van der Waals surface area contributed by atoms with Crippen molar-refractivity contribution in [1.29, 1.82) is 0 Å². The van der Waals surface area contributed by atoms with Gasteiger partial charge in [-0.25, -0.2) is 0 Å². The Morgan fingerprint density at radius 2 is 2.12 bits per heavy atom. The van der Waals surface area contributed by atoms with E-state index in [4.69, 9.17) is 5.73 Å². The van der Waals surface area contributed by atoms with E-state index in [1.807, 2.05) is 0 Å². The van der Waals surface area contributed by atoms with Gasteiger partial charge in [0, 0.05) is 12.0 Å². The van der Waals surface area contributed by atoms with Gasteiger partial charge < -0.3 is 5.73 Å². The zero-order valence-electron chi connectivity index (χ0n) is 10.2. The number of nitrogens with zero attached hydrogens (tertiary/aromatic N) is 1. The molecule has 2 nitrogen and oxygen atoms in total. The van der Waals surface area contributed by atoms with Crippen molar-refractivity contribution in [2.75, 3.05) is 6.54 Å². The molecule has 5 atom stereocenters. The molecule has 3 bridgehead atoms. The lowest BCUT2D eigenvalue weighted by molar-refractivity contribution is -0.000464. The predicted molar refractivity (Wildman–Crippen MR) is 65.2 cm³/mol. The molecule has 0 amide bonds. The monoisotopic (exact) mass is 218 g/mol. The molecule has 88 valence electrons. The molecule has 2 N–H and O–H groups in total. The molecule has 4 saturated carbocycles. The van der Waals surface area contributed by atoms with Crippen LogP contribution in [0, 0.1) is 28.6 Å². The van der Waals surface area contributed by atoms with E-state index in [9.17, 15) is 0 Å². The van der Waals surface area contributed by atoms with Crippen LogP contribution in [0.3, 0.4) is 0 Å². The Morgan fingerprint density at radius 1 is 1.25 bits per heavy atom. The van der Waals surface area contributed by atoms with Crippen molar-refractivity contribution < 1.29 is 0 Å². The Balaban J connectivity index is 1.76. The van der Waals surface area contributed by atoms with Crippen LogP contribution in [0.15, 0.2) is 4.99 Å².